The van der Waals surface area contributed by atoms with E-state index in [4.69, 9.17) is 16.3 Å². The summed E-state index contributed by atoms with van der Waals surface area (Å²) in [6.45, 7) is 5.34. The average molecular weight is 556 g/mol. The van der Waals surface area contributed by atoms with Gasteiger partial charge in [0.05, 0.1) is 22.8 Å². The highest BCUT2D eigenvalue weighted by atomic mass is 35.5. The number of rotatable bonds is 8. The van der Waals surface area contributed by atoms with Gasteiger partial charge in [0.2, 0.25) is 5.95 Å². The Bertz CT molecular complexity index is 1550. The molecule has 2 amide bonds. The molecule has 1 aliphatic heterocycles. The molecule has 1 aromatic heterocycles. The smallest absolute Gasteiger partial charge is 0.338 e. The molecular formula is C25H22ClN5O6S. The number of anilines is 3. The van der Waals surface area contributed by atoms with Gasteiger partial charge in [-0.1, -0.05) is 11.6 Å². The molecule has 0 unspecified atom stereocenters. The van der Waals surface area contributed by atoms with Gasteiger partial charge in [-0.25, -0.2) is 32.8 Å². The average Bonchev–Trinajstić information content (AvgIpc) is 3.06. The Kier molecular flexibility index (Phi) is 7.46. The number of carbonyl (C=O) groups is 3. The van der Waals surface area contributed by atoms with Crippen LogP contribution in [-0.2, 0) is 24.3 Å². The van der Waals surface area contributed by atoms with E-state index in [0.717, 1.165) is 4.90 Å². The van der Waals surface area contributed by atoms with E-state index in [2.05, 4.69) is 20.0 Å². The van der Waals surface area contributed by atoms with Crippen molar-refractivity contribution in [3.8, 4) is 0 Å². The number of hydrogen-bond donors (Lipinski definition) is 2. The molecule has 0 fully saturated rings. The number of aryl methyl sites for hydroxylation is 2. The molecule has 0 bridgehead atoms. The number of imide groups is 1. The second-order valence-corrected chi connectivity index (χ2v) is 10.2. The van der Waals surface area contributed by atoms with Crippen molar-refractivity contribution < 1.29 is 27.5 Å². The van der Waals surface area contributed by atoms with Gasteiger partial charge < -0.3 is 10.1 Å². The maximum atomic E-state index is 13.0. The first-order chi connectivity index (χ1) is 18.0. The lowest BCUT2D eigenvalue weighted by molar-refractivity contribution is -0.120. The molecule has 0 atom stereocenters. The quantitative estimate of drug-likeness (QED) is 0.314. The van der Waals surface area contributed by atoms with Crippen molar-refractivity contribution >= 4 is 56.7 Å². The predicted molar refractivity (Wildman–Crippen MR) is 140 cm³/mol. The Hall–Kier alpha value is -4.29. The Morgan fingerprint density at radius 3 is 2.16 bits per heavy atom. The van der Waals surface area contributed by atoms with Gasteiger partial charge in [-0.3, -0.25) is 9.59 Å². The molecule has 2 aromatic carbocycles. The second kappa shape index (κ2) is 10.6. The van der Waals surface area contributed by atoms with Gasteiger partial charge >= 0.3 is 5.97 Å². The van der Waals surface area contributed by atoms with Crippen LogP contribution in [-0.4, -0.2) is 42.8 Å². The van der Waals surface area contributed by atoms with Gasteiger partial charge in [0, 0.05) is 17.1 Å². The third kappa shape index (κ3) is 5.50. The fourth-order valence-corrected chi connectivity index (χ4v) is 4.78. The number of nitrogens with one attached hydrogen (secondary N) is 2. The summed E-state index contributed by atoms with van der Waals surface area (Å²) in [6, 6.07) is 12.9. The van der Waals surface area contributed by atoms with Crippen LogP contribution < -0.4 is 14.9 Å². The van der Waals surface area contributed by atoms with Crippen molar-refractivity contribution in [3.05, 3.63) is 82.3 Å². The minimum atomic E-state index is -3.98. The summed E-state index contributed by atoms with van der Waals surface area (Å²) >= 11 is 6.17. The molecule has 0 saturated carbocycles. The van der Waals surface area contributed by atoms with Crippen LogP contribution >= 0.6 is 11.6 Å². The standard InChI is InChI=1S/C25H22ClN5O6S/c1-4-37-24(34)16-5-9-18(10-6-16)31-22(32)20(26)21(23(31)33)29-17-7-11-19(12-8-17)38(35,36)30-25-27-14(2)13-15(3)28-25/h5-13,29H,4H2,1-3H3,(H,27,28,30). The fourth-order valence-electron chi connectivity index (χ4n) is 3.62. The van der Waals surface area contributed by atoms with E-state index in [1.807, 2.05) is 0 Å². The molecule has 4 rings (SSSR count). The molecule has 11 nitrogen and oxygen atoms in total. The third-order valence-corrected chi connectivity index (χ3v) is 7.00. The van der Waals surface area contributed by atoms with Crippen LogP contribution in [0, 0.1) is 13.8 Å². The summed E-state index contributed by atoms with van der Waals surface area (Å²) in [5.41, 5.74) is 1.84. The van der Waals surface area contributed by atoms with E-state index in [0.29, 0.717) is 17.1 Å². The molecule has 0 saturated heterocycles. The molecule has 0 radical (unpaired) electrons. The molecule has 13 heteroatoms. The van der Waals surface area contributed by atoms with Crippen LogP contribution in [0.5, 0.6) is 0 Å². The van der Waals surface area contributed by atoms with Crippen LogP contribution in [0.2, 0.25) is 0 Å². The lowest BCUT2D eigenvalue weighted by Crippen LogP contribution is -2.32. The number of halogens is 1. The van der Waals surface area contributed by atoms with Crippen molar-refractivity contribution in [1.29, 1.82) is 0 Å². The fraction of sp³-hybridized carbons (Fsp3) is 0.160. The first kappa shape index (κ1) is 26.8. The highest BCUT2D eigenvalue weighted by Gasteiger charge is 2.39. The molecule has 2 heterocycles. The Morgan fingerprint density at radius 2 is 1.58 bits per heavy atom. The van der Waals surface area contributed by atoms with E-state index in [-0.39, 0.29) is 39.4 Å². The Balaban J connectivity index is 1.49. The SMILES string of the molecule is CCOC(=O)c1ccc(N2C(=O)C(Cl)=C(Nc3ccc(S(=O)(=O)Nc4nc(C)cc(C)n4)cc3)C2=O)cc1. The van der Waals surface area contributed by atoms with Crippen LogP contribution in [0.15, 0.2) is 70.2 Å². The van der Waals surface area contributed by atoms with E-state index in [1.165, 1.54) is 48.5 Å². The number of sulfonamides is 1. The number of nitrogens with zero attached hydrogens (tertiary/aromatic N) is 3. The van der Waals surface area contributed by atoms with Crippen LogP contribution in [0.3, 0.4) is 0 Å². The summed E-state index contributed by atoms with van der Waals surface area (Å²) in [5.74, 6) is -2.04. The number of carbonyl (C=O) groups excluding carboxylic acids is 3. The first-order valence-electron chi connectivity index (χ1n) is 11.3. The zero-order valence-electron chi connectivity index (χ0n) is 20.5. The van der Waals surface area contributed by atoms with Gasteiger partial charge in [0.25, 0.3) is 21.8 Å². The van der Waals surface area contributed by atoms with Gasteiger partial charge in [-0.2, -0.15) is 0 Å². The van der Waals surface area contributed by atoms with E-state index < -0.39 is 27.8 Å². The van der Waals surface area contributed by atoms with Crippen LogP contribution in [0.1, 0.15) is 28.7 Å². The highest BCUT2D eigenvalue weighted by Crippen LogP contribution is 2.30. The lowest BCUT2D eigenvalue weighted by Gasteiger charge is -2.15. The van der Waals surface area contributed by atoms with Gasteiger partial charge in [0.1, 0.15) is 10.7 Å². The van der Waals surface area contributed by atoms with Crippen molar-refractivity contribution in [2.75, 3.05) is 21.5 Å². The monoisotopic (exact) mass is 555 g/mol. The maximum absolute atomic E-state index is 13.0. The molecule has 196 valence electrons. The van der Waals surface area contributed by atoms with Gasteiger partial charge in [0.15, 0.2) is 0 Å². The number of ether oxygens (including phenoxy) is 1. The predicted octanol–water partition coefficient (Wildman–Crippen LogP) is 3.51. The van der Waals surface area contributed by atoms with E-state index in [9.17, 15) is 22.8 Å². The topological polar surface area (TPSA) is 148 Å². The Morgan fingerprint density at radius 1 is 0.974 bits per heavy atom. The van der Waals surface area contributed by atoms with E-state index >= 15 is 0 Å². The van der Waals surface area contributed by atoms with Crippen molar-refractivity contribution in [2.24, 2.45) is 0 Å². The summed E-state index contributed by atoms with van der Waals surface area (Å²) in [5, 5.41) is 2.44. The molecule has 38 heavy (non-hydrogen) atoms. The van der Waals surface area contributed by atoms with Crippen LogP contribution in [0.25, 0.3) is 0 Å². The van der Waals surface area contributed by atoms with Crippen molar-refractivity contribution in [3.63, 3.8) is 0 Å². The van der Waals surface area contributed by atoms with Crippen LogP contribution in [0.4, 0.5) is 17.3 Å². The highest BCUT2D eigenvalue weighted by molar-refractivity contribution is 7.92. The van der Waals surface area contributed by atoms with Gasteiger partial charge in [-0.05, 0) is 75.4 Å². The van der Waals surface area contributed by atoms with Crippen molar-refractivity contribution in [1.82, 2.24) is 9.97 Å². The number of hydrogen-bond acceptors (Lipinski definition) is 9. The summed E-state index contributed by atoms with van der Waals surface area (Å²) < 4.78 is 32.8. The summed E-state index contributed by atoms with van der Waals surface area (Å²) in [6.07, 6.45) is 0. The number of amides is 2. The number of aromatic nitrogens is 2. The first-order valence-corrected chi connectivity index (χ1v) is 13.1. The molecule has 0 spiro atoms. The Labute approximate surface area is 223 Å². The number of esters is 1. The van der Waals surface area contributed by atoms with E-state index in [1.54, 1.807) is 26.8 Å². The minimum absolute atomic E-state index is 0.0490. The van der Waals surface area contributed by atoms with Crippen molar-refractivity contribution in [2.45, 2.75) is 25.7 Å². The zero-order chi connectivity index (χ0) is 27.6. The number of benzene rings is 2. The van der Waals surface area contributed by atoms with Gasteiger partial charge in [-0.15, -0.1) is 0 Å². The largest absolute Gasteiger partial charge is 0.462 e. The molecular weight excluding hydrogens is 534 g/mol. The normalized spacial score (nSPS) is 13.6. The maximum Gasteiger partial charge on any atom is 0.338 e. The lowest BCUT2D eigenvalue weighted by atomic mass is 10.2. The molecule has 0 aliphatic carbocycles. The minimum Gasteiger partial charge on any atom is -0.462 e. The summed E-state index contributed by atoms with van der Waals surface area (Å²) in [4.78, 5) is 46.6. The second-order valence-electron chi connectivity index (χ2n) is 8.13. The molecule has 2 N–H and O–H groups in total. The zero-order valence-corrected chi connectivity index (χ0v) is 22.1. The molecule has 1 aliphatic rings. The molecule has 3 aromatic rings. The third-order valence-electron chi connectivity index (χ3n) is 5.31. The summed E-state index contributed by atoms with van der Waals surface area (Å²) in [7, 11) is -3.98.